The molecule has 3 heterocycles. The molecule has 3 rings (SSSR count). The zero-order valence-electron chi connectivity index (χ0n) is 13.1. The Morgan fingerprint density at radius 2 is 1.70 bits per heavy atom. The Morgan fingerprint density at radius 3 is 2.35 bits per heavy atom. The summed E-state index contributed by atoms with van der Waals surface area (Å²) in [6.45, 7) is 4.76. The molecule has 0 unspecified atom stereocenters. The van der Waals surface area contributed by atoms with Crippen LogP contribution in [0.5, 0.6) is 0 Å². The maximum atomic E-state index is 12.6. The summed E-state index contributed by atoms with van der Waals surface area (Å²) in [5, 5.41) is 0. The molecule has 1 fully saturated rings. The molecular weight excluding hydrogens is 300 g/mol. The Hall–Kier alpha value is -2.44. The first-order valence-corrected chi connectivity index (χ1v) is 7.74. The monoisotopic (exact) mass is 320 g/mol. The van der Waals surface area contributed by atoms with E-state index in [0.717, 1.165) is 6.42 Å². The van der Waals surface area contributed by atoms with Crippen molar-refractivity contribution in [2.75, 3.05) is 39.4 Å². The molecule has 7 heteroatoms. The van der Waals surface area contributed by atoms with Crippen LogP contribution in [0.25, 0.3) is 0 Å². The Bertz CT molecular complexity index is 608. The summed E-state index contributed by atoms with van der Waals surface area (Å²) in [7, 11) is 0. The molecule has 0 saturated carbocycles. The van der Waals surface area contributed by atoms with Gasteiger partial charge in [0.2, 0.25) is 5.76 Å². The third-order valence-corrected chi connectivity index (χ3v) is 4.00. The van der Waals surface area contributed by atoms with E-state index in [1.165, 1.54) is 12.5 Å². The molecule has 1 saturated heterocycles. The summed E-state index contributed by atoms with van der Waals surface area (Å²) in [5.41, 5.74) is 0.535. The van der Waals surface area contributed by atoms with Crippen molar-refractivity contribution in [2.24, 2.45) is 0 Å². The van der Waals surface area contributed by atoms with Crippen LogP contribution in [0.2, 0.25) is 0 Å². The van der Waals surface area contributed by atoms with Gasteiger partial charge in [0.1, 0.15) is 25.2 Å². The summed E-state index contributed by atoms with van der Waals surface area (Å²) in [5.74, 6) is 0.572. The lowest BCUT2D eigenvalue weighted by Crippen LogP contribution is -2.39. The molecule has 2 aliphatic rings. The molecule has 0 N–H and O–H groups in total. The second-order valence-corrected chi connectivity index (χ2v) is 5.53. The Balaban J connectivity index is 1.64. The van der Waals surface area contributed by atoms with Gasteiger partial charge in [-0.25, -0.2) is 0 Å². The van der Waals surface area contributed by atoms with E-state index in [1.54, 1.807) is 22.8 Å². The predicted molar refractivity (Wildman–Crippen MR) is 80.4 cm³/mol. The molecule has 0 aliphatic carbocycles. The summed E-state index contributed by atoms with van der Waals surface area (Å²) in [4.78, 5) is 28.4. The lowest BCUT2D eigenvalue weighted by molar-refractivity contribution is -0.132. The highest BCUT2D eigenvalue weighted by Gasteiger charge is 2.28. The molecule has 0 radical (unpaired) electrons. The first-order valence-electron chi connectivity index (χ1n) is 7.74. The van der Waals surface area contributed by atoms with E-state index in [0.29, 0.717) is 50.7 Å². The van der Waals surface area contributed by atoms with Crippen molar-refractivity contribution in [1.29, 1.82) is 0 Å². The number of ether oxygens (including phenoxy) is 2. The maximum Gasteiger partial charge on any atom is 0.292 e. The van der Waals surface area contributed by atoms with Crippen LogP contribution in [-0.4, -0.2) is 61.0 Å². The van der Waals surface area contributed by atoms with Crippen LogP contribution in [-0.2, 0) is 14.3 Å². The minimum absolute atomic E-state index is 0.0688. The molecule has 0 aromatic carbocycles. The maximum absolute atomic E-state index is 12.6. The van der Waals surface area contributed by atoms with Crippen molar-refractivity contribution in [3.05, 3.63) is 35.7 Å². The highest BCUT2D eigenvalue weighted by molar-refractivity contribution is 5.94. The van der Waals surface area contributed by atoms with Gasteiger partial charge in [0.25, 0.3) is 11.8 Å². The van der Waals surface area contributed by atoms with Crippen molar-refractivity contribution in [1.82, 2.24) is 9.80 Å². The van der Waals surface area contributed by atoms with E-state index >= 15 is 0 Å². The first kappa shape index (κ1) is 15.5. The highest BCUT2D eigenvalue weighted by Crippen LogP contribution is 2.17. The van der Waals surface area contributed by atoms with Gasteiger partial charge < -0.3 is 23.7 Å². The van der Waals surface area contributed by atoms with E-state index in [2.05, 4.69) is 0 Å². The highest BCUT2D eigenvalue weighted by atomic mass is 16.6. The molecule has 23 heavy (non-hydrogen) atoms. The van der Waals surface area contributed by atoms with Gasteiger partial charge in [-0.15, -0.1) is 0 Å². The van der Waals surface area contributed by atoms with Gasteiger partial charge in [0.15, 0.2) is 0 Å². The van der Waals surface area contributed by atoms with Gasteiger partial charge in [-0.05, 0) is 19.4 Å². The van der Waals surface area contributed by atoms with Crippen molar-refractivity contribution in [3.63, 3.8) is 0 Å². The number of furan rings is 1. The normalized spacial score (nSPS) is 19.0. The molecule has 124 valence electrons. The van der Waals surface area contributed by atoms with Crippen molar-refractivity contribution in [3.8, 4) is 0 Å². The van der Waals surface area contributed by atoms with Crippen LogP contribution in [0.3, 0.4) is 0 Å². The van der Waals surface area contributed by atoms with Crippen LogP contribution >= 0.6 is 0 Å². The summed E-state index contributed by atoms with van der Waals surface area (Å²) >= 11 is 0. The van der Waals surface area contributed by atoms with Crippen LogP contribution < -0.4 is 0 Å². The van der Waals surface area contributed by atoms with Gasteiger partial charge in [-0.1, -0.05) is 0 Å². The van der Waals surface area contributed by atoms with Crippen molar-refractivity contribution >= 4 is 11.8 Å². The van der Waals surface area contributed by atoms with Gasteiger partial charge in [0.05, 0.1) is 11.8 Å². The standard InChI is InChI=1S/C16H20N2O5/c1-12-14(23-10-9-22-12)16(20)18-5-2-4-17(6-7-18)15(19)13-3-8-21-11-13/h3,8,11H,2,4-7,9-10H2,1H3. The molecule has 0 atom stereocenters. The SMILES string of the molecule is CC1=C(C(=O)N2CCCN(C(=O)c3ccoc3)CC2)OCCO1. The van der Waals surface area contributed by atoms with Crippen LogP contribution in [0.1, 0.15) is 23.7 Å². The number of allylic oxidation sites excluding steroid dienone is 1. The lowest BCUT2D eigenvalue weighted by Gasteiger charge is -2.25. The molecule has 1 aromatic rings. The number of carbonyl (C=O) groups is 2. The second kappa shape index (κ2) is 6.76. The van der Waals surface area contributed by atoms with E-state index in [-0.39, 0.29) is 17.6 Å². The minimum atomic E-state index is -0.167. The number of hydrogen-bond donors (Lipinski definition) is 0. The number of nitrogens with zero attached hydrogens (tertiary/aromatic N) is 2. The van der Waals surface area contributed by atoms with Crippen LogP contribution in [0.4, 0.5) is 0 Å². The minimum Gasteiger partial charge on any atom is -0.491 e. The summed E-state index contributed by atoms with van der Waals surface area (Å²) in [6, 6.07) is 1.65. The third kappa shape index (κ3) is 3.33. The van der Waals surface area contributed by atoms with Gasteiger partial charge >= 0.3 is 0 Å². The first-order chi connectivity index (χ1) is 11.2. The summed E-state index contributed by atoms with van der Waals surface area (Å²) in [6.07, 6.45) is 3.65. The van der Waals surface area contributed by atoms with Crippen LogP contribution in [0, 0.1) is 0 Å². The number of amides is 2. The number of rotatable bonds is 2. The van der Waals surface area contributed by atoms with Gasteiger partial charge in [-0.2, -0.15) is 0 Å². The fourth-order valence-corrected chi connectivity index (χ4v) is 2.75. The van der Waals surface area contributed by atoms with E-state index in [1.807, 2.05) is 0 Å². The Kier molecular flexibility index (Phi) is 4.55. The average molecular weight is 320 g/mol. The molecule has 7 nitrogen and oxygen atoms in total. The molecule has 1 aromatic heterocycles. The van der Waals surface area contributed by atoms with Crippen LogP contribution in [0.15, 0.2) is 34.5 Å². The lowest BCUT2D eigenvalue weighted by atomic mass is 10.3. The smallest absolute Gasteiger partial charge is 0.292 e. The number of hydrogen-bond acceptors (Lipinski definition) is 5. The third-order valence-electron chi connectivity index (χ3n) is 4.00. The fourth-order valence-electron chi connectivity index (χ4n) is 2.75. The second-order valence-electron chi connectivity index (χ2n) is 5.53. The average Bonchev–Trinajstić information content (AvgIpc) is 2.98. The topological polar surface area (TPSA) is 72.2 Å². The van der Waals surface area contributed by atoms with E-state index in [9.17, 15) is 9.59 Å². The predicted octanol–water partition coefficient (Wildman–Crippen LogP) is 1.23. The quantitative estimate of drug-likeness (QED) is 0.819. The van der Waals surface area contributed by atoms with Gasteiger partial charge in [-0.3, -0.25) is 9.59 Å². The molecular formula is C16H20N2O5. The Labute approximate surface area is 134 Å². The largest absolute Gasteiger partial charge is 0.491 e. The molecule has 2 amide bonds. The van der Waals surface area contributed by atoms with Crippen molar-refractivity contribution < 1.29 is 23.5 Å². The fraction of sp³-hybridized carbons (Fsp3) is 0.500. The molecule has 0 bridgehead atoms. The number of carbonyl (C=O) groups excluding carboxylic acids is 2. The molecule has 2 aliphatic heterocycles. The van der Waals surface area contributed by atoms with Crippen molar-refractivity contribution in [2.45, 2.75) is 13.3 Å². The zero-order chi connectivity index (χ0) is 16.2. The van der Waals surface area contributed by atoms with E-state index in [4.69, 9.17) is 13.9 Å². The summed E-state index contributed by atoms with van der Waals surface area (Å²) < 4.78 is 15.8. The zero-order valence-corrected chi connectivity index (χ0v) is 13.1. The molecule has 0 spiro atoms. The van der Waals surface area contributed by atoms with E-state index < -0.39 is 0 Å². The Morgan fingerprint density at radius 1 is 1.00 bits per heavy atom. The van der Waals surface area contributed by atoms with Gasteiger partial charge in [0, 0.05) is 26.2 Å².